The SMILES string of the molecule is CNC(C1=CCCCO1)c1cccnc1. The van der Waals surface area contributed by atoms with Crippen LogP contribution in [0.2, 0.25) is 0 Å². The number of nitrogens with one attached hydrogen (secondary N) is 1. The lowest BCUT2D eigenvalue weighted by Gasteiger charge is -2.23. The molecular formula is C12H16N2O. The zero-order valence-corrected chi connectivity index (χ0v) is 8.94. The molecule has 1 aromatic rings. The third-order valence-electron chi connectivity index (χ3n) is 2.55. The molecule has 0 bridgehead atoms. The van der Waals surface area contributed by atoms with Crippen molar-refractivity contribution in [3.8, 4) is 0 Å². The van der Waals surface area contributed by atoms with Gasteiger partial charge in [-0.3, -0.25) is 4.98 Å². The van der Waals surface area contributed by atoms with E-state index < -0.39 is 0 Å². The Hall–Kier alpha value is -1.35. The minimum atomic E-state index is 0.138. The second kappa shape index (κ2) is 4.94. The molecule has 1 aromatic heterocycles. The van der Waals surface area contributed by atoms with Gasteiger partial charge in [0, 0.05) is 12.4 Å². The molecular weight excluding hydrogens is 188 g/mol. The van der Waals surface area contributed by atoms with Crippen molar-refractivity contribution in [1.29, 1.82) is 0 Å². The Morgan fingerprint density at radius 3 is 3.07 bits per heavy atom. The van der Waals surface area contributed by atoms with Crippen LogP contribution in [-0.4, -0.2) is 18.6 Å². The molecule has 0 amide bonds. The Balaban J connectivity index is 2.20. The van der Waals surface area contributed by atoms with Gasteiger partial charge < -0.3 is 10.1 Å². The molecule has 1 aliphatic heterocycles. The smallest absolute Gasteiger partial charge is 0.113 e. The quantitative estimate of drug-likeness (QED) is 0.818. The molecule has 3 heteroatoms. The van der Waals surface area contributed by atoms with E-state index in [1.165, 1.54) is 0 Å². The van der Waals surface area contributed by atoms with Gasteiger partial charge in [0.1, 0.15) is 5.76 Å². The Morgan fingerprint density at radius 2 is 2.47 bits per heavy atom. The van der Waals surface area contributed by atoms with Crippen molar-refractivity contribution >= 4 is 0 Å². The van der Waals surface area contributed by atoms with Crippen molar-refractivity contribution in [3.05, 3.63) is 41.9 Å². The fraction of sp³-hybridized carbons (Fsp3) is 0.417. The minimum Gasteiger partial charge on any atom is -0.496 e. The largest absolute Gasteiger partial charge is 0.496 e. The Bertz CT molecular complexity index is 335. The molecule has 2 rings (SSSR count). The van der Waals surface area contributed by atoms with Gasteiger partial charge >= 0.3 is 0 Å². The first-order valence-electron chi connectivity index (χ1n) is 5.32. The number of rotatable bonds is 3. The van der Waals surface area contributed by atoms with Crippen LogP contribution in [0.25, 0.3) is 0 Å². The van der Waals surface area contributed by atoms with Crippen molar-refractivity contribution in [2.24, 2.45) is 0 Å². The highest BCUT2D eigenvalue weighted by Crippen LogP contribution is 2.24. The minimum absolute atomic E-state index is 0.138. The van der Waals surface area contributed by atoms with E-state index >= 15 is 0 Å². The molecule has 80 valence electrons. The summed E-state index contributed by atoms with van der Waals surface area (Å²) < 4.78 is 5.66. The van der Waals surface area contributed by atoms with E-state index in [9.17, 15) is 0 Å². The van der Waals surface area contributed by atoms with Crippen LogP contribution >= 0.6 is 0 Å². The van der Waals surface area contributed by atoms with Crippen LogP contribution in [0.3, 0.4) is 0 Å². The van der Waals surface area contributed by atoms with Crippen LogP contribution in [0.5, 0.6) is 0 Å². The standard InChI is InChI=1S/C12H16N2O/c1-13-12(10-5-4-7-14-9-10)11-6-2-3-8-15-11/h4-7,9,12-13H,2-3,8H2,1H3. The summed E-state index contributed by atoms with van der Waals surface area (Å²) in [6, 6.07) is 4.15. The first-order chi connectivity index (χ1) is 7.42. The molecule has 0 fully saturated rings. The lowest BCUT2D eigenvalue weighted by molar-refractivity contribution is 0.169. The highest BCUT2D eigenvalue weighted by molar-refractivity contribution is 5.23. The summed E-state index contributed by atoms with van der Waals surface area (Å²) in [5, 5.41) is 3.25. The summed E-state index contributed by atoms with van der Waals surface area (Å²) >= 11 is 0. The van der Waals surface area contributed by atoms with E-state index in [1.54, 1.807) is 6.20 Å². The normalized spacial score (nSPS) is 17.8. The van der Waals surface area contributed by atoms with Gasteiger partial charge in [0.15, 0.2) is 0 Å². The van der Waals surface area contributed by atoms with Gasteiger partial charge in [-0.1, -0.05) is 6.07 Å². The molecule has 1 atom stereocenters. The van der Waals surface area contributed by atoms with Crippen LogP contribution in [0.1, 0.15) is 24.4 Å². The number of ether oxygens (including phenoxy) is 1. The lowest BCUT2D eigenvalue weighted by atomic mass is 10.1. The van der Waals surface area contributed by atoms with E-state index in [1.807, 2.05) is 19.3 Å². The maximum Gasteiger partial charge on any atom is 0.113 e. The van der Waals surface area contributed by atoms with Gasteiger partial charge in [0.05, 0.1) is 12.6 Å². The van der Waals surface area contributed by atoms with Crippen LogP contribution in [-0.2, 0) is 4.74 Å². The molecule has 1 aliphatic rings. The number of allylic oxidation sites excluding steroid dienone is 1. The zero-order valence-electron chi connectivity index (χ0n) is 8.94. The molecule has 15 heavy (non-hydrogen) atoms. The summed E-state index contributed by atoms with van der Waals surface area (Å²) in [6.45, 7) is 0.824. The number of hydrogen-bond donors (Lipinski definition) is 1. The van der Waals surface area contributed by atoms with E-state index in [0.717, 1.165) is 30.8 Å². The second-order valence-corrected chi connectivity index (χ2v) is 3.61. The van der Waals surface area contributed by atoms with Crippen LogP contribution in [0, 0.1) is 0 Å². The van der Waals surface area contributed by atoms with Gasteiger partial charge in [-0.05, 0) is 37.6 Å². The Labute approximate surface area is 90.2 Å². The highest BCUT2D eigenvalue weighted by Gasteiger charge is 2.17. The van der Waals surface area contributed by atoms with E-state index in [2.05, 4.69) is 22.4 Å². The maximum absolute atomic E-state index is 5.66. The molecule has 0 saturated heterocycles. The predicted molar refractivity (Wildman–Crippen MR) is 59.3 cm³/mol. The van der Waals surface area contributed by atoms with Crippen molar-refractivity contribution in [1.82, 2.24) is 10.3 Å². The first-order valence-corrected chi connectivity index (χ1v) is 5.32. The highest BCUT2D eigenvalue weighted by atomic mass is 16.5. The fourth-order valence-electron chi connectivity index (χ4n) is 1.80. The number of nitrogens with zero attached hydrogens (tertiary/aromatic N) is 1. The molecule has 0 saturated carbocycles. The molecule has 0 radical (unpaired) electrons. The molecule has 0 spiro atoms. The first kappa shape index (κ1) is 10.2. The average Bonchev–Trinajstić information content (AvgIpc) is 2.33. The fourth-order valence-corrected chi connectivity index (χ4v) is 1.80. The Kier molecular flexibility index (Phi) is 3.35. The number of pyridine rings is 1. The predicted octanol–water partition coefficient (Wildman–Crippen LogP) is 2.04. The molecule has 0 aliphatic carbocycles. The molecule has 1 N–H and O–H groups in total. The van der Waals surface area contributed by atoms with E-state index in [-0.39, 0.29) is 6.04 Å². The van der Waals surface area contributed by atoms with Gasteiger partial charge in [0.25, 0.3) is 0 Å². The lowest BCUT2D eigenvalue weighted by Crippen LogP contribution is -2.22. The third-order valence-corrected chi connectivity index (χ3v) is 2.55. The number of aromatic nitrogens is 1. The summed E-state index contributed by atoms with van der Waals surface area (Å²) in [5.74, 6) is 1.02. The molecule has 0 aromatic carbocycles. The molecule has 3 nitrogen and oxygen atoms in total. The summed E-state index contributed by atoms with van der Waals surface area (Å²) in [7, 11) is 1.94. The van der Waals surface area contributed by atoms with Gasteiger partial charge in [-0.25, -0.2) is 0 Å². The number of hydrogen-bond acceptors (Lipinski definition) is 3. The maximum atomic E-state index is 5.66. The van der Waals surface area contributed by atoms with Crippen molar-refractivity contribution < 1.29 is 4.74 Å². The summed E-state index contributed by atoms with van der Waals surface area (Å²) in [6.07, 6.45) is 8.05. The third kappa shape index (κ3) is 2.36. The Morgan fingerprint density at radius 1 is 1.53 bits per heavy atom. The van der Waals surface area contributed by atoms with E-state index in [0.29, 0.717) is 0 Å². The topological polar surface area (TPSA) is 34.1 Å². The van der Waals surface area contributed by atoms with Crippen molar-refractivity contribution in [2.75, 3.05) is 13.7 Å². The van der Waals surface area contributed by atoms with Crippen molar-refractivity contribution in [3.63, 3.8) is 0 Å². The van der Waals surface area contributed by atoms with Crippen molar-refractivity contribution in [2.45, 2.75) is 18.9 Å². The number of likely N-dealkylation sites (N-methyl/N-ethyl adjacent to an activating group) is 1. The average molecular weight is 204 g/mol. The van der Waals surface area contributed by atoms with Gasteiger partial charge in [0.2, 0.25) is 0 Å². The monoisotopic (exact) mass is 204 g/mol. The van der Waals surface area contributed by atoms with Gasteiger partial charge in [-0.2, -0.15) is 0 Å². The molecule has 2 heterocycles. The van der Waals surface area contributed by atoms with Crippen LogP contribution < -0.4 is 5.32 Å². The second-order valence-electron chi connectivity index (χ2n) is 3.61. The summed E-state index contributed by atoms with van der Waals surface area (Å²) in [5.41, 5.74) is 1.15. The molecule has 1 unspecified atom stereocenters. The van der Waals surface area contributed by atoms with Crippen LogP contribution in [0.15, 0.2) is 36.4 Å². The summed E-state index contributed by atoms with van der Waals surface area (Å²) in [4.78, 5) is 4.13. The van der Waals surface area contributed by atoms with Crippen LogP contribution in [0.4, 0.5) is 0 Å². The van der Waals surface area contributed by atoms with Gasteiger partial charge in [-0.15, -0.1) is 0 Å². The van der Waals surface area contributed by atoms with E-state index in [4.69, 9.17) is 4.74 Å². The zero-order chi connectivity index (χ0) is 10.5.